The Kier molecular flexibility index (Phi) is 1.38. The van der Waals surface area contributed by atoms with Gasteiger partial charge in [-0.05, 0) is 28.1 Å². The maximum atomic E-state index is 4.31. The minimum atomic E-state index is 0.926. The van der Waals surface area contributed by atoms with Gasteiger partial charge in [-0.1, -0.05) is 0 Å². The second-order valence-electron chi connectivity index (χ2n) is 2.31. The second kappa shape index (κ2) is 2.23. The molecule has 2 heterocycles. The fourth-order valence-corrected chi connectivity index (χ4v) is 1.49. The topological polar surface area (TPSA) is 24.9 Å². The molecule has 3 heteroatoms. The number of anilines is 1. The number of nitrogens with zero attached hydrogens (tertiary/aromatic N) is 1. The van der Waals surface area contributed by atoms with Crippen LogP contribution in [0, 0.1) is 0 Å². The Morgan fingerprint density at radius 3 is 3.30 bits per heavy atom. The van der Waals surface area contributed by atoms with Crippen LogP contribution in [0.25, 0.3) is 0 Å². The summed E-state index contributed by atoms with van der Waals surface area (Å²) in [4.78, 5) is 4.31. The Hall–Kier alpha value is -0.570. The number of aromatic nitrogens is 1. The highest BCUT2D eigenvalue weighted by atomic mass is 79.9. The van der Waals surface area contributed by atoms with Crippen LogP contribution in [0.4, 0.5) is 5.69 Å². The molecule has 0 amide bonds. The Balaban J connectivity index is 2.52. The van der Waals surface area contributed by atoms with Gasteiger partial charge in [-0.25, -0.2) is 4.98 Å². The maximum Gasteiger partial charge on any atom is 0.106 e. The summed E-state index contributed by atoms with van der Waals surface area (Å²) >= 11 is 3.33. The van der Waals surface area contributed by atoms with Crippen molar-refractivity contribution in [1.82, 2.24) is 4.98 Å². The molecule has 10 heavy (non-hydrogen) atoms. The summed E-state index contributed by atoms with van der Waals surface area (Å²) in [5.41, 5.74) is 2.36. The molecule has 2 nitrogen and oxygen atoms in total. The first-order valence-corrected chi connectivity index (χ1v) is 4.05. The Morgan fingerprint density at radius 1 is 1.50 bits per heavy atom. The van der Waals surface area contributed by atoms with E-state index in [4.69, 9.17) is 0 Å². The Morgan fingerprint density at radius 2 is 2.40 bits per heavy atom. The van der Waals surface area contributed by atoms with Gasteiger partial charge in [0.2, 0.25) is 0 Å². The van der Waals surface area contributed by atoms with Gasteiger partial charge in [-0.3, -0.25) is 0 Å². The maximum absolute atomic E-state index is 4.31. The molecule has 1 N–H and O–H groups in total. The third-order valence-corrected chi connectivity index (χ3v) is 2.06. The lowest BCUT2D eigenvalue weighted by molar-refractivity contribution is 1.03. The second-order valence-corrected chi connectivity index (χ2v) is 3.12. The van der Waals surface area contributed by atoms with Crippen LogP contribution in [-0.2, 0) is 6.42 Å². The van der Waals surface area contributed by atoms with Crippen molar-refractivity contribution in [2.75, 3.05) is 11.9 Å². The molecule has 0 bridgehead atoms. The zero-order valence-electron chi connectivity index (χ0n) is 5.39. The van der Waals surface area contributed by atoms with Crippen molar-refractivity contribution in [2.24, 2.45) is 0 Å². The van der Waals surface area contributed by atoms with Gasteiger partial charge in [0, 0.05) is 13.0 Å². The van der Waals surface area contributed by atoms with Crippen molar-refractivity contribution in [3.63, 3.8) is 0 Å². The molecule has 1 aromatic heterocycles. The predicted octanol–water partition coefficient (Wildman–Crippen LogP) is 1.81. The highest BCUT2D eigenvalue weighted by Crippen LogP contribution is 2.21. The lowest BCUT2D eigenvalue weighted by Crippen LogP contribution is -1.90. The summed E-state index contributed by atoms with van der Waals surface area (Å²) in [6, 6.07) is 4.01. The smallest absolute Gasteiger partial charge is 0.106 e. The fraction of sp³-hybridized carbons (Fsp3) is 0.286. The number of hydrogen-bond acceptors (Lipinski definition) is 2. The third-order valence-electron chi connectivity index (χ3n) is 1.62. The summed E-state index contributed by atoms with van der Waals surface area (Å²) in [6.45, 7) is 1.03. The number of pyridine rings is 1. The van der Waals surface area contributed by atoms with Crippen LogP contribution in [0.3, 0.4) is 0 Å². The first-order chi connectivity index (χ1) is 4.86. The van der Waals surface area contributed by atoms with E-state index in [1.807, 2.05) is 6.07 Å². The van der Waals surface area contributed by atoms with E-state index in [2.05, 4.69) is 32.3 Å². The van der Waals surface area contributed by atoms with Crippen molar-refractivity contribution in [3.05, 3.63) is 22.4 Å². The van der Waals surface area contributed by atoms with Crippen molar-refractivity contribution >= 4 is 21.6 Å². The number of fused-ring (bicyclic) bond motifs is 1. The van der Waals surface area contributed by atoms with E-state index in [1.54, 1.807) is 0 Å². The van der Waals surface area contributed by atoms with E-state index in [0.717, 1.165) is 17.6 Å². The summed E-state index contributed by atoms with van der Waals surface area (Å²) in [5.74, 6) is 0. The largest absolute Gasteiger partial charge is 0.383 e. The van der Waals surface area contributed by atoms with Crippen molar-refractivity contribution in [1.29, 1.82) is 0 Å². The molecule has 0 unspecified atom stereocenters. The average Bonchev–Trinajstić information content (AvgIpc) is 2.33. The summed E-state index contributed by atoms with van der Waals surface area (Å²) in [7, 11) is 0. The van der Waals surface area contributed by atoms with Crippen LogP contribution < -0.4 is 5.32 Å². The molecular weight excluding hydrogens is 192 g/mol. The Labute approximate surface area is 67.8 Å². The van der Waals surface area contributed by atoms with Gasteiger partial charge < -0.3 is 5.32 Å². The quantitative estimate of drug-likeness (QED) is 0.644. The van der Waals surface area contributed by atoms with Crippen LogP contribution in [-0.4, -0.2) is 11.5 Å². The molecule has 0 aromatic carbocycles. The van der Waals surface area contributed by atoms with E-state index in [1.165, 1.54) is 11.4 Å². The molecule has 0 spiro atoms. The molecule has 0 saturated carbocycles. The van der Waals surface area contributed by atoms with Gasteiger partial charge in [-0.15, -0.1) is 0 Å². The first kappa shape index (κ1) is 6.16. The number of halogens is 1. The zero-order valence-corrected chi connectivity index (χ0v) is 6.98. The van der Waals surface area contributed by atoms with E-state index in [0.29, 0.717) is 0 Å². The van der Waals surface area contributed by atoms with E-state index in [-0.39, 0.29) is 0 Å². The van der Waals surface area contributed by atoms with Gasteiger partial charge in [0.1, 0.15) is 4.60 Å². The van der Waals surface area contributed by atoms with Gasteiger partial charge in [0.25, 0.3) is 0 Å². The number of rotatable bonds is 0. The van der Waals surface area contributed by atoms with Gasteiger partial charge in [0.15, 0.2) is 0 Å². The fourth-order valence-electron chi connectivity index (χ4n) is 1.14. The van der Waals surface area contributed by atoms with Gasteiger partial charge >= 0.3 is 0 Å². The number of nitrogens with one attached hydrogen (secondary N) is 1. The van der Waals surface area contributed by atoms with Crippen LogP contribution in [0.1, 0.15) is 5.69 Å². The van der Waals surface area contributed by atoms with E-state index < -0.39 is 0 Å². The summed E-state index contributed by atoms with van der Waals surface area (Å²) < 4.78 is 0.926. The van der Waals surface area contributed by atoms with Crippen LogP contribution >= 0.6 is 15.9 Å². The van der Waals surface area contributed by atoms with Crippen molar-refractivity contribution < 1.29 is 0 Å². The molecule has 1 aliphatic heterocycles. The average molecular weight is 199 g/mol. The molecule has 52 valence electrons. The summed E-state index contributed by atoms with van der Waals surface area (Å²) in [5, 5.41) is 3.24. The standard InChI is InChI=1S/C7H7BrN2/c8-7-2-1-5-6(10-7)3-4-9-5/h1-2,9H,3-4H2. The molecule has 1 aliphatic rings. The Bertz CT molecular complexity index is 260. The van der Waals surface area contributed by atoms with E-state index in [9.17, 15) is 0 Å². The third kappa shape index (κ3) is 0.904. The van der Waals surface area contributed by atoms with Crippen LogP contribution in [0.5, 0.6) is 0 Å². The molecule has 0 atom stereocenters. The predicted molar refractivity (Wildman–Crippen MR) is 44.1 cm³/mol. The first-order valence-electron chi connectivity index (χ1n) is 3.25. The zero-order chi connectivity index (χ0) is 6.97. The molecule has 0 aliphatic carbocycles. The molecular formula is C7H7BrN2. The van der Waals surface area contributed by atoms with E-state index >= 15 is 0 Å². The van der Waals surface area contributed by atoms with Crippen LogP contribution in [0.2, 0.25) is 0 Å². The molecule has 1 aromatic rings. The minimum absolute atomic E-state index is 0.926. The lowest BCUT2D eigenvalue weighted by atomic mass is 10.3. The monoisotopic (exact) mass is 198 g/mol. The molecule has 0 fully saturated rings. The van der Waals surface area contributed by atoms with Gasteiger partial charge in [0.05, 0.1) is 11.4 Å². The molecule has 0 radical (unpaired) electrons. The highest BCUT2D eigenvalue weighted by molar-refractivity contribution is 9.10. The number of hydrogen-bond donors (Lipinski definition) is 1. The highest BCUT2D eigenvalue weighted by Gasteiger charge is 2.09. The van der Waals surface area contributed by atoms with Crippen molar-refractivity contribution in [2.45, 2.75) is 6.42 Å². The van der Waals surface area contributed by atoms with Crippen LogP contribution in [0.15, 0.2) is 16.7 Å². The normalized spacial score (nSPS) is 14.5. The molecule has 2 rings (SSSR count). The minimum Gasteiger partial charge on any atom is -0.383 e. The lowest BCUT2D eigenvalue weighted by Gasteiger charge is -1.96. The van der Waals surface area contributed by atoms with Crippen molar-refractivity contribution in [3.8, 4) is 0 Å². The van der Waals surface area contributed by atoms with Gasteiger partial charge in [-0.2, -0.15) is 0 Å². The molecule has 0 saturated heterocycles. The SMILES string of the molecule is Brc1ccc2c(n1)CCN2. The summed E-state index contributed by atoms with van der Waals surface area (Å²) in [6.07, 6.45) is 1.05.